The predicted molar refractivity (Wildman–Crippen MR) is 57.3 cm³/mol. The smallest absolute Gasteiger partial charge is 0.0613 e. The molecule has 0 heterocycles. The summed E-state index contributed by atoms with van der Waals surface area (Å²) in [5.74, 6) is 0.798. The van der Waals surface area contributed by atoms with E-state index >= 15 is 0 Å². The molecule has 1 aliphatic carbocycles. The highest BCUT2D eigenvalue weighted by atomic mass is 16.5. The molecule has 0 radical (unpaired) electrons. The van der Waals surface area contributed by atoms with E-state index in [2.05, 4.69) is 5.32 Å². The fraction of sp³-hybridized carbons (Fsp3) is 1.00. The fourth-order valence-electron chi connectivity index (χ4n) is 1.74. The van der Waals surface area contributed by atoms with Crippen LogP contribution in [-0.2, 0) is 4.74 Å². The molecule has 0 spiro atoms. The average Bonchev–Trinajstić information content (AvgIpc) is 1.97. The molecule has 0 atom stereocenters. The number of ether oxygens (including phenoxy) is 1. The lowest BCUT2D eigenvalue weighted by Crippen LogP contribution is -2.37. The first-order chi connectivity index (χ1) is 6.51. The van der Waals surface area contributed by atoms with Gasteiger partial charge in [0.25, 0.3) is 0 Å². The molecule has 0 bridgehead atoms. The Labute approximate surface area is 86.8 Å². The Hall–Kier alpha value is -0.120. The molecule has 2 N–H and O–H groups in total. The van der Waals surface area contributed by atoms with Crippen LogP contribution in [0.4, 0.5) is 0 Å². The highest BCUT2D eigenvalue weighted by Gasteiger charge is 2.29. The van der Waals surface area contributed by atoms with Crippen LogP contribution in [-0.4, -0.2) is 37.0 Å². The van der Waals surface area contributed by atoms with E-state index in [9.17, 15) is 5.11 Å². The molecule has 1 fully saturated rings. The van der Waals surface area contributed by atoms with E-state index in [0.29, 0.717) is 12.7 Å². The van der Waals surface area contributed by atoms with Crippen molar-refractivity contribution in [3.05, 3.63) is 0 Å². The Balaban J connectivity index is 1.96. The second-order valence-electron chi connectivity index (χ2n) is 4.95. The van der Waals surface area contributed by atoms with E-state index in [1.807, 2.05) is 20.9 Å². The van der Waals surface area contributed by atoms with E-state index in [0.717, 1.165) is 18.9 Å². The van der Waals surface area contributed by atoms with E-state index in [-0.39, 0.29) is 0 Å². The molecule has 0 unspecified atom stereocenters. The Morgan fingerprint density at radius 3 is 2.57 bits per heavy atom. The lowest BCUT2D eigenvalue weighted by molar-refractivity contribution is -0.0516. The maximum atomic E-state index is 9.47. The molecular weight excluding hydrogens is 178 g/mol. The summed E-state index contributed by atoms with van der Waals surface area (Å²) >= 11 is 0. The zero-order valence-corrected chi connectivity index (χ0v) is 9.55. The monoisotopic (exact) mass is 201 g/mol. The normalized spacial score (nSPS) is 27.4. The van der Waals surface area contributed by atoms with Crippen molar-refractivity contribution in [2.24, 2.45) is 5.92 Å². The van der Waals surface area contributed by atoms with Gasteiger partial charge in [-0.1, -0.05) is 0 Å². The summed E-state index contributed by atoms with van der Waals surface area (Å²) in [4.78, 5) is 0. The molecule has 0 aromatic heterocycles. The Kier molecular flexibility index (Phi) is 4.35. The van der Waals surface area contributed by atoms with Gasteiger partial charge in [0.15, 0.2) is 0 Å². The van der Waals surface area contributed by atoms with Gasteiger partial charge in [0, 0.05) is 6.61 Å². The van der Waals surface area contributed by atoms with Crippen LogP contribution < -0.4 is 5.32 Å². The van der Waals surface area contributed by atoms with E-state index in [4.69, 9.17) is 4.74 Å². The minimum absolute atomic E-state index is 0.440. The predicted octanol–water partition coefficient (Wildman–Crippen LogP) is 1.16. The first-order valence-corrected chi connectivity index (χ1v) is 5.50. The SMILES string of the molecule is CNCC1CC(OCCC(C)(C)O)C1. The van der Waals surface area contributed by atoms with Crippen LogP contribution in [0.25, 0.3) is 0 Å². The van der Waals surface area contributed by atoms with Gasteiger partial charge in [0.1, 0.15) is 0 Å². The van der Waals surface area contributed by atoms with Crippen molar-refractivity contribution in [1.29, 1.82) is 0 Å². The number of rotatable bonds is 6. The molecule has 84 valence electrons. The van der Waals surface area contributed by atoms with E-state index in [1.54, 1.807) is 0 Å². The third kappa shape index (κ3) is 4.40. The van der Waals surface area contributed by atoms with Crippen LogP contribution in [0.3, 0.4) is 0 Å². The molecular formula is C11H23NO2. The van der Waals surface area contributed by atoms with Gasteiger partial charge in [-0.25, -0.2) is 0 Å². The van der Waals surface area contributed by atoms with Gasteiger partial charge >= 0.3 is 0 Å². The summed E-state index contributed by atoms with van der Waals surface area (Å²) in [7, 11) is 1.99. The highest BCUT2D eigenvalue weighted by Crippen LogP contribution is 2.29. The lowest BCUT2D eigenvalue weighted by Gasteiger charge is -2.35. The molecule has 3 nitrogen and oxygen atoms in total. The molecule has 1 saturated carbocycles. The van der Waals surface area contributed by atoms with Gasteiger partial charge in [-0.2, -0.15) is 0 Å². The van der Waals surface area contributed by atoms with Crippen molar-refractivity contribution in [2.75, 3.05) is 20.2 Å². The van der Waals surface area contributed by atoms with Gasteiger partial charge in [-0.15, -0.1) is 0 Å². The minimum atomic E-state index is -0.589. The average molecular weight is 201 g/mol. The maximum Gasteiger partial charge on any atom is 0.0613 e. The largest absolute Gasteiger partial charge is 0.390 e. The second-order valence-corrected chi connectivity index (χ2v) is 4.95. The van der Waals surface area contributed by atoms with Crippen LogP contribution in [0.5, 0.6) is 0 Å². The molecule has 0 amide bonds. The summed E-state index contributed by atoms with van der Waals surface area (Å²) in [6.45, 7) is 5.42. The first-order valence-electron chi connectivity index (χ1n) is 5.50. The highest BCUT2D eigenvalue weighted by molar-refractivity contribution is 4.81. The third-order valence-corrected chi connectivity index (χ3v) is 2.75. The topological polar surface area (TPSA) is 41.5 Å². The van der Waals surface area contributed by atoms with E-state index < -0.39 is 5.60 Å². The molecule has 0 aromatic carbocycles. The van der Waals surface area contributed by atoms with Crippen LogP contribution in [0.2, 0.25) is 0 Å². The van der Waals surface area contributed by atoms with Crippen molar-refractivity contribution in [2.45, 2.75) is 44.8 Å². The molecule has 1 rings (SSSR count). The quantitative estimate of drug-likeness (QED) is 0.677. The molecule has 1 aliphatic rings. The molecule has 0 saturated heterocycles. The van der Waals surface area contributed by atoms with Crippen molar-refractivity contribution >= 4 is 0 Å². The number of hydrogen-bond donors (Lipinski definition) is 2. The van der Waals surface area contributed by atoms with Crippen molar-refractivity contribution in [3.8, 4) is 0 Å². The Bertz CT molecular complexity index is 159. The molecule has 3 heteroatoms. The molecule has 0 aliphatic heterocycles. The second kappa shape index (κ2) is 5.10. The first kappa shape index (κ1) is 12.0. The maximum absolute atomic E-state index is 9.47. The van der Waals surface area contributed by atoms with Crippen LogP contribution in [0, 0.1) is 5.92 Å². The number of aliphatic hydroxyl groups is 1. The van der Waals surface area contributed by atoms with Crippen molar-refractivity contribution < 1.29 is 9.84 Å². The Morgan fingerprint density at radius 1 is 1.43 bits per heavy atom. The summed E-state index contributed by atoms with van der Waals surface area (Å²) in [5, 5.41) is 12.6. The fourth-order valence-corrected chi connectivity index (χ4v) is 1.74. The Morgan fingerprint density at radius 2 is 2.07 bits per heavy atom. The lowest BCUT2D eigenvalue weighted by atomic mass is 9.82. The zero-order valence-electron chi connectivity index (χ0n) is 9.55. The minimum Gasteiger partial charge on any atom is -0.390 e. The molecule has 0 aromatic rings. The van der Waals surface area contributed by atoms with Gasteiger partial charge in [0.2, 0.25) is 0 Å². The van der Waals surface area contributed by atoms with Gasteiger partial charge in [-0.3, -0.25) is 0 Å². The number of hydrogen-bond acceptors (Lipinski definition) is 3. The van der Waals surface area contributed by atoms with Crippen molar-refractivity contribution in [1.82, 2.24) is 5.32 Å². The number of nitrogens with one attached hydrogen (secondary N) is 1. The summed E-state index contributed by atoms with van der Waals surface area (Å²) in [5.41, 5.74) is -0.589. The summed E-state index contributed by atoms with van der Waals surface area (Å²) in [6, 6.07) is 0. The summed E-state index contributed by atoms with van der Waals surface area (Å²) in [6.07, 6.45) is 3.51. The zero-order chi connectivity index (χ0) is 10.6. The third-order valence-electron chi connectivity index (χ3n) is 2.75. The molecule has 14 heavy (non-hydrogen) atoms. The standard InChI is InChI=1S/C11H23NO2/c1-11(2,13)4-5-14-10-6-9(7-10)8-12-3/h9-10,12-13H,4-8H2,1-3H3. The summed E-state index contributed by atoms with van der Waals surface area (Å²) < 4.78 is 5.64. The van der Waals surface area contributed by atoms with Gasteiger partial charge in [0.05, 0.1) is 11.7 Å². The van der Waals surface area contributed by atoms with Gasteiger partial charge < -0.3 is 15.2 Å². The van der Waals surface area contributed by atoms with Crippen LogP contribution >= 0.6 is 0 Å². The van der Waals surface area contributed by atoms with Crippen LogP contribution in [0.1, 0.15) is 33.1 Å². The van der Waals surface area contributed by atoms with Crippen LogP contribution in [0.15, 0.2) is 0 Å². The van der Waals surface area contributed by atoms with Gasteiger partial charge in [-0.05, 0) is 52.6 Å². The van der Waals surface area contributed by atoms with E-state index in [1.165, 1.54) is 12.8 Å². The van der Waals surface area contributed by atoms with Crippen molar-refractivity contribution in [3.63, 3.8) is 0 Å².